The molecule has 0 aromatic carbocycles. The zero-order chi connectivity index (χ0) is 13.0. The molecule has 0 heterocycles. The number of allylic oxidation sites excluding steroid dienone is 1. The number of unbranched alkanes of at least 4 members (excludes halogenated alkanes) is 2. The molecule has 0 aliphatic carbocycles. The minimum atomic E-state index is -3.43. The first kappa shape index (κ1) is 18.0. The molecule has 0 spiro atoms. The number of hydrogen-bond donors (Lipinski definition) is 0. The summed E-state index contributed by atoms with van der Waals surface area (Å²) in [4.78, 5) is 4.50. The highest BCUT2D eigenvalue weighted by Crippen LogP contribution is 1.98. The molecule has 4 nitrogen and oxygen atoms in total. The summed E-state index contributed by atoms with van der Waals surface area (Å²) in [6, 6.07) is 0. The van der Waals surface area contributed by atoms with Crippen molar-refractivity contribution in [1.82, 2.24) is 0 Å². The van der Waals surface area contributed by atoms with Gasteiger partial charge in [0.05, 0.1) is 12.4 Å². The maximum atomic E-state index is 10.7. The molecule has 0 saturated heterocycles. The van der Waals surface area contributed by atoms with Gasteiger partial charge in [-0.3, -0.25) is 0 Å². The van der Waals surface area contributed by atoms with Crippen LogP contribution in [0.15, 0.2) is 12.2 Å². The van der Waals surface area contributed by atoms with Gasteiger partial charge in [0.15, 0.2) is 0 Å². The first-order chi connectivity index (χ1) is 7.35. The first-order valence-corrected chi connectivity index (χ1v) is 7.09. The van der Waals surface area contributed by atoms with Gasteiger partial charge >= 0.3 is 0 Å². The van der Waals surface area contributed by atoms with E-state index in [0.717, 1.165) is 19.3 Å². The van der Waals surface area contributed by atoms with Crippen molar-refractivity contribution in [1.29, 1.82) is 0 Å². The lowest BCUT2D eigenvalue weighted by Gasteiger charge is -2.01. The van der Waals surface area contributed by atoms with Crippen LogP contribution in [0.2, 0.25) is 0 Å². The average Bonchev–Trinajstić information content (AvgIpc) is 2.17. The number of rotatable bonds is 7. The average molecular weight is 252 g/mol. The van der Waals surface area contributed by atoms with Crippen LogP contribution in [0.1, 0.15) is 47.0 Å². The van der Waals surface area contributed by atoms with E-state index >= 15 is 0 Å². The molecule has 0 amide bonds. The van der Waals surface area contributed by atoms with Gasteiger partial charge in [-0.05, 0) is 27.2 Å². The molecule has 5 heteroatoms. The van der Waals surface area contributed by atoms with Gasteiger partial charge in [-0.2, -0.15) is 8.42 Å². The number of hydrogen-bond acceptors (Lipinski definition) is 4. The van der Waals surface area contributed by atoms with E-state index in [4.69, 9.17) is 0 Å². The Balaban J connectivity index is 0. The van der Waals surface area contributed by atoms with Crippen LogP contribution in [-0.2, 0) is 19.3 Å². The van der Waals surface area contributed by atoms with Gasteiger partial charge in [0.25, 0.3) is 10.1 Å². The predicted octanol–water partition coefficient (Wildman–Crippen LogP) is 3.06. The van der Waals surface area contributed by atoms with Crippen LogP contribution in [0.3, 0.4) is 0 Å². The van der Waals surface area contributed by atoms with Crippen molar-refractivity contribution < 1.29 is 17.6 Å². The molecule has 0 N–H and O–H groups in total. The second-order valence-corrected chi connectivity index (χ2v) is 5.48. The molecule has 0 fully saturated rings. The lowest BCUT2D eigenvalue weighted by atomic mass is 10.3. The Morgan fingerprint density at radius 3 is 2.06 bits per heavy atom. The Kier molecular flexibility index (Phi) is 12.5. The van der Waals surface area contributed by atoms with Crippen molar-refractivity contribution >= 4 is 10.1 Å². The molecule has 0 aromatic rings. The van der Waals surface area contributed by atoms with Crippen LogP contribution in [0, 0.1) is 0 Å². The minimum absolute atomic E-state index is 0.0548. The molecular formula is C11H24O4S. The Labute approximate surface area is 99.7 Å². The standard InChI is InChI=1S/C7H16O4S.C4H8/c1-3-5-6-7-10-11-12(8,9)4-2;1-4(2)3/h3-7H2,1-2H3;1H2,2-3H3. The molecule has 0 radical (unpaired) electrons. The van der Waals surface area contributed by atoms with E-state index in [0.29, 0.717) is 6.61 Å². The van der Waals surface area contributed by atoms with Gasteiger partial charge in [0, 0.05) is 0 Å². The molecule has 16 heavy (non-hydrogen) atoms. The van der Waals surface area contributed by atoms with Crippen LogP contribution in [0.4, 0.5) is 0 Å². The van der Waals surface area contributed by atoms with Crippen LogP contribution in [-0.4, -0.2) is 20.8 Å². The van der Waals surface area contributed by atoms with E-state index < -0.39 is 10.1 Å². The molecule has 98 valence electrons. The molecule has 0 aliphatic rings. The van der Waals surface area contributed by atoms with E-state index in [1.165, 1.54) is 12.5 Å². The van der Waals surface area contributed by atoms with Crippen molar-refractivity contribution in [2.24, 2.45) is 0 Å². The molecule has 0 bridgehead atoms. The Morgan fingerprint density at radius 1 is 1.19 bits per heavy atom. The van der Waals surface area contributed by atoms with Crippen LogP contribution >= 0.6 is 0 Å². The third kappa shape index (κ3) is 19.2. The molecule has 0 unspecified atom stereocenters. The van der Waals surface area contributed by atoms with Crippen molar-refractivity contribution in [2.75, 3.05) is 12.4 Å². The van der Waals surface area contributed by atoms with Crippen LogP contribution in [0.25, 0.3) is 0 Å². The lowest BCUT2D eigenvalue weighted by molar-refractivity contribution is -0.201. The topological polar surface area (TPSA) is 52.6 Å². The van der Waals surface area contributed by atoms with Crippen molar-refractivity contribution in [2.45, 2.75) is 47.0 Å². The van der Waals surface area contributed by atoms with Gasteiger partial charge < -0.3 is 0 Å². The summed E-state index contributed by atoms with van der Waals surface area (Å²) in [6.07, 6.45) is 2.93. The summed E-state index contributed by atoms with van der Waals surface area (Å²) in [7, 11) is -3.43. The van der Waals surface area contributed by atoms with Gasteiger partial charge in [-0.15, -0.1) is 10.9 Å². The molecule has 0 aliphatic heterocycles. The maximum absolute atomic E-state index is 10.7. The molecule has 0 aromatic heterocycles. The maximum Gasteiger partial charge on any atom is 0.293 e. The summed E-state index contributed by atoms with van der Waals surface area (Å²) >= 11 is 0. The Morgan fingerprint density at radius 2 is 1.69 bits per heavy atom. The van der Waals surface area contributed by atoms with Crippen molar-refractivity contribution in [3.05, 3.63) is 12.2 Å². The largest absolute Gasteiger partial charge is 0.293 e. The van der Waals surface area contributed by atoms with Gasteiger partial charge in [-0.25, -0.2) is 4.89 Å². The normalized spacial score (nSPS) is 10.5. The fourth-order valence-electron chi connectivity index (χ4n) is 0.566. The van der Waals surface area contributed by atoms with E-state index in [9.17, 15) is 8.42 Å². The second-order valence-electron chi connectivity index (χ2n) is 3.65. The van der Waals surface area contributed by atoms with Crippen molar-refractivity contribution in [3.63, 3.8) is 0 Å². The summed E-state index contributed by atoms with van der Waals surface area (Å²) < 4.78 is 25.6. The minimum Gasteiger partial charge on any atom is -0.220 e. The highest BCUT2D eigenvalue weighted by Gasteiger charge is 2.07. The molecule has 0 rings (SSSR count). The second kappa shape index (κ2) is 11.1. The SMILES string of the molecule is C=C(C)C.CCCCCOOS(=O)(=O)CC. The fourth-order valence-corrected chi connectivity index (χ4v) is 0.877. The first-order valence-electron chi connectivity index (χ1n) is 5.51. The van der Waals surface area contributed by atoms with E-state index in [1.54, 1.807) is 0 Å². The third-order valence-electron chi connectivity index (χ3n) is 1.34. The quantitative estimate of drug-likeness (QED) is 0.302. The summed E-state index contributed by atoms with van der Waals surface area (Å²) in [5.74, 6) is -0.0548. The highest BCUT2D eigenvalue weighted by atomic mass is 32.2. The molecular weight excluding hydrogens is 228 g/mol. The zero-order valence-corrected chi connectivity index (χ0v) is 11.6. The van der Waals surface area contributed by atoms with Gasteiger partial charge in [0.2, 0.25) is 0 Å². The summed E-state index contributed by atoms with van der Waals surface area (Å²) in [5.41, 5.74) is 1.17. The van der Waals surface area contributed by atoms with Crippen LogP contribution < -0.4 is 0 Å². The smallest absolute Gasteiger partial charge is 0.220 e. The fraction of sp³-hybridized carbons (Fsp3) is 0.818. The van der Waals surface area contributed by atoms with Crippen molar-refractivity contribution in [3.8, 4) is 0 Å². The third-order valence-corrected chi connectivity index (χ3v) is 2.35. The van der Waals surface area contributed by atoms with Crippen LogP contribution in [0.5, 0.6) is 0 Å². The Bertz CT molecular complexity index is 253. The zero-order valence-electron chi connectivity index (χ0n) is 10.8. The molecule has 0 atom stereocenters. The molecule has 0 saturated carbocycles. The van der Waals surface area contributed by atoms with E-state index in [2.05, 4.69) is 22.7 Å². The van der Waals surface area contributed by atoms with Gasteiger partial charge in [-0.1, -0.05) is 25.3 Å². The Hall–Kier alpha value is -0.390. The highest BCUT2D eigenvalue weighted by molar-refractivity contribution is 7.86. The van der Waals surface area contributed by atoms with Gasteiger partial charge in [0.1, 0.15) is 0 Å². The van der Waals surface area contributed by atoms with E-state index in [-0.39, 0.29) is 5.75 Å². The lowest BCUT2D eigenvalue weighted by Crippen LogP contribution is -2.09. The van der Waals surface area contributed by atoms with E-state index in [1.807, 2.05) is 13.8 Å². The summed E-state index contributed by atoms with van der Waals surface area (Å²) in [5, 5.41) is 0. The monoisotopic (exact) mass is 252 g/mol. The predicted molar refractivity (Wildman–Crippen MR) is 66.5 cm³/mol. The summed E-state index contributed by atoms with van der Waals surface area (Å²) in [6.45, 7) is 11.4.